The van der Waals surface area contributed by atoms with E-state index in [9.17, 15) is 13.9 Å². The molecule has 0 bridgehead atoms. The van der Waals surface area contributed by atoms with Crippen molar-refractivity contribution in [2.45, 2.75) is 64.1 Å². The van der Waals surface area contributed by atoms with Gasteiger partial charge in [-0.2, -0.15) is 0 Å². The van der Waals surface area contributed by atoms with Gasteiger partial charge in [0, 0.05) is 12.5 Å². The topological polar surface area (TPSA) is 53.5 Å². The van der Waals surface area contributed by atoms with Crippen LogP contribution in [0.5, 0.6) is 5.75 Å². The van der Waals surface area contributed by atoms with E-state index in [1.165, 1.54) is 13.5 Å². The lowest BCUT2D eigenvalue weighted by atomic mass is 9.97. The summed E-state index contributed by atoms with van der Waals surface area (Å²) in [5.74, 6) is -1.69. The molecule has 25 heavy (non-hydrogen) atoms. The molecule has 1 heterocycles. The van der Waals surface area contributed by atoms with Crippen molar-refractivity contribution in [1.82, 2.24) is 0 Å². The molecule has 1 aromatic carbocycles. The Morgan fingerprint density at radius 3 is 2.60 bits per heavy atom. The van der Waals surface area contributed by atoms with Gasteiger partial charge in [-0.25, -0.2) is 8.78 Å². The van der Waals surface area contributed by atoms with Gasteiger partial charge in [-0.05, 0) is 42.7 Å². The minimum atomic E-state index is -2.98. The Balaban J connectivity index is 1.55. The molecule has 1 aromatic rings. The number of hydrogen-bond acceptors (Lipinski definition) is 4. The predicted molar refractivity (Wildman–Crippen MR) is 95.3 cm³/mol. The Morgan fingerprint density at radius 1 is 1.24 bits per heavy atom. The summed E-state index contributed by atoms with van der Waals surface area (Å²) in [5.41, 5.74) is 1.52. The summed E-state index contributed by atoms with van der Waals surface area (Å²) in [7, 11) is 1.54. The van der Waals surface area contributed by atoms with Crippen LogP contribution < -0.4 is 15.4 Å². The van der Waals surface area contributed by atoms with E-state index >= 15 is 0 Å². The van der Waals surface area contributed by atoms with Crippen molar-refractivity contribution >= 4 is 11.4 Å². The minimum absolute atomic E-state index is 0.220. The summed E-state index contributed by atoms with van der Waals surface area (Å²) >= 11 is 0. The van der Waals surface area contributed by atoms with Crippen LogP contribution in [0.1, 0.15) is 46.0 Å². The third-order valence-electron chi connectivity index (χ3n) is 5.64. The number of rotatable bonds is 7. The van der Waals surface area contributed by atoms with Crippen molar-refractivity contribution in [3.8, 4) is 5.75 Å². The number of aliphatic hydroxyl groups excluding tert-OH is 1. The van der Waals surface area contributed by atoms with E-state index in [0.29, 0.717) is 34.9 Å². The number of anilines is 2. The van der Waals surface area contributed by atoms with Crippen molar-refractivity contribution < 1.29 is 18.6 Å². The highest BCUT2D eigenvalue weighted by Crippen LogP contribution is 2.54. The highest BCUT2D eigenvalue weighted by atomic mass is 19.3. The number of methoxy groups -OCH3 is 1. The number of unbranched alkanes of at least 4 members (excludes halogenated alkanes) is 1. The number of nitrogens with one attached hydrogen (secondary N) is 2. The zero-order valence-corrected chi connectivity index (χ0v) is 15.1. The van der Waals surface area contributed by atoms with E-state index in [4.69, 9.17) is 4.74 Å². The third-order valence-corrected chi connectivity index (χ3v) is 5.64. The van der Waals surface area contributed by atoms with Gasteiger partial charge in [0.1, 0.15) is 11.8 Å². The van der Waals surface area contributed by atoms with E-state index in [2.05, 4.69) is 24.5 Å². The number of fused-ring (bicyclic) bond motifs is 1. The molecule has 1 aliphatic heterocycles. The SMILES string of the molecule is COc1ccc2c(c1)NC(O)C(C(F)(F)CCCC[C@@H]1CC1(C)C)N2. The first-order valence-corrected chi connectivity index (χ1v) is 9.00. The van der Waals surface area contributed by atoms with Crippen LogP contribution in [0.4, 0.5) is 20.2 Å². The Hall–Kier alpha value is -1.56. The average molecular weight is 354 g/mol. The first-order valence-electron chi connectivity index (χ1n) is 9.00. The molecular weight excluding hydrogens is 326 g/mol. The number of alkyl halides is 2. The van der Waals surface area contributed by atoms with Gasteiger partial charge in [0.2, 0.25) is 0 Å². The van der Waals surface area contributed by atoms with Gasteiger partial charge >= 0.3 is 0 Å². The second-order valence-corrected chi connectivity index (χ2v) is 8.02. The van der Waals surface area contributed by atoms with Crippen molar-refractivity contribution in [1.29, 1.82) is 0 Å². The van der Waals surface area contributed by atoms with Crippen LogP contribution in [0.3, 0.4) is 0 Å². The predicted octanol–water partition coefficient (Wildman–Crippen LogP) is 4.46. The first-order chi connectivity index (χ1) is 11.7. The molecule has 0 radical (unpaired) electrons. The zero-order valence-electron chi connectivity index (χ0n) is 15.1. The second-order valence-electron chi connectivity index (χ2n) is 8.02. The van der Waals surface area contributed by atoms with E-state index in [-0.39, 0.29) is 6.42 Å². The maximum atomic E-state index is 14.6. The normalized spacial score (nSPS) is 27.0. The Kier molecular flexibility index (Phi) is 4.84. The summed E-state index contributed by atoms with van der Waals surface area (Å²) in [6.45, 7) is 4.46. The summed E-state index contributed by atoms with van der Waals surface area (Å²) < 4.78 is 34.3. The molecule has 2 unspecified atom stereocenters. The molecule has 2 aliphatic rings. The molecular formula is C19H28F2N2O2. The van der Waals surface area contributed by atoms with Crippen molar-refractivity contribution in [2.24, 2.45) is 11.3 Å². The standard InChI is InChI=1S/C19H28F2N2O2/c1-18(2)11-12(18)6-4-5-9-19(20,21)16-17(24)23-15-10-13(25-3)7-8-14(15)22-16/h7-8,10,12,16-17,22-24H,4-6,9,11H2,1-3H3/t12-,16?,17?/m1/s1. The molecule has 3 rings (SSSR count). The van der Waals surface area contributed by atoms with Crippen LogP contribution in [0.2, 0.25) is 0 Å². The monoisotopic (exact) mass is 354 g/mol. The summed E-state index contributed by atoms with van der Waals surface area (Å²) in [4.78, 5) is 0. The molecule has 6 heteroatoms. The maximum Gasteiger partial charge on any atom is 0.272 e. The summed E-state index contributed by atoms with van der Waals surface area (Å²) in [6.07, 6.45) is 1.94. The lowest BCUT2D eigenvalue weighted by Crippen LogP contribution is -2.53. The van der Waals surface area contributed by atoms with Crippen LogP contribution >= 0.6 is 0 Å². The molecule has 0 spiro atoms. The fourth-order valence-corrected chi connectivity index (χ4v) is 3.70. The van der Waals surface area contributed by atoms with E-state index in [1.807, 2.05) is 0 Å². The zero-order chi connectivity index (χ0) is 18.2. The highest BCUT2D eigenvalue weighted by molar-refractivity contribution is 5.73. The molecule has 0 saturated heterocycles. The van der Waals surface area contributed by atoms with Crippen molar-refractivity contribution in [2.75, 3.05) is 17.7 Å². The van der Waals surface area contributed by atoms with E-state index in [0.717, 1.165) is 12.8 Å². The number of aliphatic hydroxyl groups is 1. The summed E-state index contributed by atoms with van der Waals surface area (Å²) in [5, 5.41) is 15.7. The van der Waals surface area contributed by atoms with Gasteiger partial charge in [-0.15, -0.1) is 0 Å². The molecule has 4 nitrogen and oxygen atoms in total. The fourth-order valence-electron chi connectivity index (χ4n) is 3.70. The van der Waals surface area contributed by atoms with E-state index < -0.39 is 18.2 Å². The van der Waals surface area contributed by atoms with E-state index in [1.54, 1.807) is 18.2 Å². The minimum Gasteiger partial charge on any atom is -0.497 e. The fraction of sp³-hybridized carbons (Fsp3) is 0.684. The largest absolute Gasteiger partial charge is 0.497 e. The van der Waals surface area contributed by atoms with Gasteiger partial charge in [-0.3, -0.25) is 0 Å². The third kappa shape index (κ3) is 4.00. The Morgan fingerprint density at radius 2 is 1.96 bits per heavy atom. The summed E-state index contributed by atoms with van der Waals surface area (Å²) in [6, 6.07) is 3.73. The lowest BCUT2D eigenvalue weighted by molar-refractivity contribution is -0.0600. The van der Waals surface area contributed by atoms with Crippen LogP contribution in [0, 0.1) is 11.3 Å². The highest BCUT2D eigenvalue weighted by Gasteiger charge is 2.47. The molecule has 1 saturated carbocycles. The van der Waals surface area contributed by atoms with Gasteiger partial charge in [0.25, 0.3) is 5.92 Å². The number of benzene rings is 1. The quantitative estimate of drug-likeness (QED) is 0.633. The first kappa shape index (κ1) is 18.2. The van der Waals surface area contributed by atoms with Crippen molar-refractivity contribution in [3.63, 3.8) is 0 Å². The number of halogens is 2. The lowest BCUT2D eigenvalue weighted by Gasteiger charge is -2.37. The van der Waals surface area contributed by atoms with Crippen molar-refractivity contribution in [3.05, 3.63) is 18.2 Å². The van der Waals surface area contributed by atoms with Crippen LogP contribution in [0.15, 0.2) is 18.2 Å². The molecule has 1 fully saturated rings. The maximum absolute atomic E-state index is 14.6. The van der Waals surface area contributed by atoms with Crippen LogP contribution in [-0.4, -0.2) is 30.4 Å². The van der Waals surface area contributed by atoms with Gasteiger partial charge < -0.3 is 20.5 Å². The molecule has 140 valence electrons. The number of hydrogen-bond donors (Lipinski definition) is 3. The molecule has 3 N–H and O–H groups in total. The molecule has 3 atom stereocenters. The smallest absolute Gasteiger partial charge is 0.272 e. The number of ether oxygens (including phenoxy) is 1. The van der Waals surface area contributed by atoms with Gasteiger partial charge in [0.15, 0.2) is 6.23 Å². The molecule has 1 aliphatic carbocycles. The second kappa shape index (κ2) is 6.63. The van der Waals surface area contributed by atoms with Crippen LogP contribution in [0.25, 0.3) is 0 Å². The average Bonchev–Trinajstić information content (AvgIpc) is 3.17. The van der Waals surface area contributed by atoms with Gasteiger partial charge in [0.05, 0.1) is 18.5 Å². The van der Waals surface area contributed by atoms with Gasteiger partial charge in [-0.1, -0.05) is 20.3 Å². The van der Waals surface area contributed by atoms with Crippen LogP contribution in [-0.2, 0) is 0 Å². The molecule has 0 aromatic heterocycles. The Bertz CT molecular complexity index is 621. The molecule has 0 amide bonds. The Labute approximate surface area is 148 Å².